The van der Waals surface area contributed by atoms with Crippen LogP contribution >= 0.6 is 23.2 Å². The van der Waals surface area contributed by atoms with Gasteiger partial charge in [-0.15, -0.1) is 0 Å². The van der Waals surface area contributed by atoms with E-state index in [2.05, 4.69) is 5.32 Å². The predicted octanol–water partition coefficient (Wildman–Crippen LogP) is 5.95. The summed E-state index contributed by atoms with van der Waals surface area (Å²) in [4.78, 5) is 28.8. The Morgan fingerprint density at radius 1 is 0.875 bits per heavy atom. The van der Waals surface area contributed by atoms with Crippen molar-refractivity contribution in [3.63, 3.8) is 0 Å². The largest absolute Gasteiger partial charge is 0.352 e. The normalized spacial score (nSPS) is 12.8. The first-order valence-corrected chi connectivity index (χ1v) is 15.4. The van der Waals surface area contributed by atoms with Crippen LogP contribution in [0.4, 0.5) is 5.69 Å². The van der Waals surface area contributed by atoms with E-state index < -0.39 is 28.5 Å². The molecule has 3 rings (SSSR count). The van der Waals surface area contributed by atoms with Crippen molar-refractivity contribution in [3.8, 4) is 0 Å². The molecular formula is C30H35Cl2N3O4S. The van der Waals surface area contributed by atoms with Crippen LogP contribution in [0, 0.1) is 0 Å². The molecule has 0 heterocycles. The van der Waals surface area contributed by atoms with Gasteiger partial charge in [-0.25, -0.2) is 8.42 Å². The molecule has 40 heavy (non-hydrogen) atoms. The van der Waals surface area contributed by atoms with Gasteiger partial charge in [-0.1, -0.05) is 85.6 Å². The number of nitrogens with one attached hydrogen (secondary N) is 1. The highest BCUT2D eigenvalue weighted by Crippen LogP contribution is 2.30. The van der Waals surface area contributed by atoms with Crippen LogP contribution in [0.2, 0.25) is 10.0 Å². The van der Waals surface area contributed by atoms with Crippen LogP contribution in [-0.2, 0) is 26.0 Å². The molecule has 0 saturated carbocycles. The smallest absolute Gasteiger partial charge is 0.264 e. The molecule has 0 spiro atoms. The molecule has 0 radical (unpaired) electrons. The third kappa shape index (κ3) is 7.99. The van der Waals surface area contributed by atoms with Crippen LogP contribution in [0.5, 0.6) is 0 Å². The first-order valence-electron chi connectivity index (χ1n) is 13.2. The van der Waals surface area contributed by atoms with Gasteiger partial charge in [-0.3, -0.25) is 13.9 Å². The molecular weight excluding hydrogens is 569 g/mol. The molecule has 10 heteroatoms. The van der Waals surface area contributed by atoms with Gasteiger partial charge in [-0.2, -0.15) is 0 Å². The Bertz CT molecular complexity index is 1390. The summed E-state index contributed by atoms with van der Waals surface area (Å²) in [7, 11) is -4.17. The monoisotopic (exact) mass is 603 g/mol. The molecule has 0 saturated heterocycles. The Kier molecular flexibility index (Phi) is 11.4. The number of carbonyl (C=O) groups excluding carboxylic acids is 2. The van der Waals surface area contributed by atoms with Gasteiger partial charge in [0.2, 0.25) is 11.8 Å². The SMILES string of the molecule is CC[C@@H](C)NC(=O)[C@@H](CC)N(CCc1ccccc1)C(=O)CN(c1ccc(Cl)c(Cl)c1)S(=O)(=O)c1ccccc1. The van der Waals surface area contributed by atoms with Crippen LogP contribution < -0.4 is 9.62 Å². The number of sulfonamides is 1. The molecule has 1 N–H and O–H groups in total. The highest BCUT2D eigenvalue weighted by atomic mass is 35.5. The Hall–Kier alpha value is -3.07. The first-order chi connectivity index (χ1) is 19.1. The lowest BCUT2D eigenvalue weighted by Gasteiger charge is -2.33. The fraction of sp³-hybridized carbons (Fsp3) is 0.333. The van der Waals surface area contributed by atoms with Crippen molar-refractivity contribution in [2.45, 2.75) is 57.0 Å². The zero-order valence-electron chi connectivity index (χ0n) is 22.9. The second-order valence-corrected chi connectivity index (χ2v) is 12.2. The second-order valence-electron chi connectivity index (χ2n) is 9.49. The minimum Gasteiger partial charge on any atom is -0.352 e. The fourth-order valence-corrected chi connectivity index (χ4v) is 5.94. The van der Waals surface area contributed by atoms with Gasteiger partial charge in [0, 0.05) is 12.6 Å². The average Bonchev–Trinajstić information content (AvgIpc) is 2.96. The maximum atomic E-state index is 14.0. The number of anilines is 1. The van der Waals surface area contributed by atoms with Gasteiger partial charge in [0.1, 0.15) is 12.6 Å². The minimum absolute atomic E-state index is 0.0197. The van der Waals surface area contributed by atoms with E-state index in [1.807, 2.05) is 51.1 Å². The van der Waals surface area contributed by atoms with Crippen LogP contribution in [0.3, 0.4) is 0 Å². The Morgan fingerprint density at radius 3 is 2.08 bits per heavy atom. The fourth-order valence-electron chi connectivity index (χ4n) is 4.23. The molecule has 7 nitrogen and oxygen atoms in total. The van der Waals surface area contributed by atoms with Crippen molar-refractivity contribution < 1.29 is 18.0 Å². The first kappa shape index (κ1) is 31.5. The quantitative estimate of drug-likeness (QED) is 0.261. The van der Waals surface area contributed by atoms with E-state index in [4.69, 9.17) is 23.2 Å². The summed E-state index contributed by atoms with van der Waals surface area (Å²) in [5.41, 5.74) is 1.18. The third-order valence-corrected chi connectivity index (χ3v) is 9.20. The lowest BCUT2D eigenvalue weighted by Crippen LogP contribution is -2.54. The van der Waals surface area contributed by atoms with Crippen molar-refractivity contribution in [2.75, 3.05) is 17.4 Å². The predicted molar refractivity (Wildman–Crippen MR) is 161 cm³/mol. The van der Waals surface area contributed by atoms with Crippen LogP contribution in [0.1, 0.15) is 39.2 Å². The molecule has 0 aromatic heterocycles. The van der Waals surface area contributed by atoms with Crippen molar-refractivity contribution >= 4 is 50.7 Å². The minimum atomic E-state index is -4.17. The zero-order chi connectivity index (χ0) is 29.3. The molecule has 0 aliphatic carbocycles. The molecule has 3 aromatic rings. The number of amides is 2. The Morgan fingerprint density at radius 2 is 1.50 bits per heavy atom. The van der Waals surface area contributed by atoms with Crippen LogP contribution in [-0.4, -0.2) is 50.3 Å². The molecule has 2 amide bonds. The van der Waals surface area contributed by atoms with Crippen LogP contribution in [0.25, 0.3) is 0 Å². The Labute approximate surface area is 247 Å². The highest BCUT2D eigenvalue weighted by Gasteiger charge is 2.33. The number of nitrogens with zero attached hydrogens (tertiary/aromatic N) is 2. The number of hydrogen-bond donors (Lipinski definition) is 1. The summed E-state index contributed by atoms with van der Waals surface area (Å²) in [6.45, 7) is 5.40. The summed E-state index contributed by atoms with van der Waals surface area (Å²) < 4.78 is 28.7. The van der Waals surface area contributed by atoms with Gasteiger partial charge < -0.3 is 10.2 Å². The number of rotatable bonds is 13. The van der Waals surface area contributed by atoms with E-state index >= 15 is 0 Å². The van der Waals surface area contributed by atoms with Gasteiger partial charge in [0.15, 0.2) is 0 Å². The van der Waals surface area contributed by atoms with E-state index in [0.717, 1.165) is 16.3 Å². The van der Waals surface area contributed by atoms with Crippen LogP contribution in [0.15, 0.2) is 83.8 Å². The van der Waals surface area contributed by atoms with Gasteiger partial charge in [0.25, 0.3) is 10.0 Å². The maximum absolute atomic E-state index is 14.0. The number of hydrogen-bond acceptors (Lipinski definition) is 4. The highest BCUT2D eigenvalue weighted by molar-refractivity contribution is 7.92. The number of carbonyl (C=O) groups is 2. The molecule has 0 bridgehead atoms. The molecule has 214 valence electrons. The van der Waals surface area contributed by atoms with Gasteiger partial charge >= 0.3 is 0 Å². The number of halogens is 2. The van der Waals surface area contributed by atoms with E-state index in [1.165, 1.54) is 35.2 Å². The van der Waals surface area contributed by atoms with E-state index in [1.54, 1.807) is 18.2 Å². The summed E-state index contributed by atoms with van der Waals surface area (Å²) in [5.74, 6) is -0.780. The third-order valence-electron chi connectivity index (χ3n) is 6.67. The molecule has 0 aliphatic rings. The molecule has 0 aliphatic heterocycles. The average molecular weight is 605 g/mol. The standard InChI is InChI=1S/C30H35Cl2N3O4S/c1-4-22(3)33-30(37)28(5-2)34(19-18-23-12-8-6-9-13-23)29(36)21-35(24-16-17-26(31)27(32)20-24)40(38,39)25-14-10-7-11-15-25/h6-17,20,22,28H,4-5,18-19,21H2,1-3H3,(H,33,37)/t22-,28-/m1/s1. The summed E-state index contributed by atoms with van der Waals surface area (Å²) >= 11 is 12.3. The van der Waals surface area contributed by atoms with Gasteiger partial charge in [0.05, 0.1) is 20.6 Å². The van der Waals surface area contributed by atoms with Crippen molar-refractivity contribution in [1.29, 1.82) is 0 Å². The van der Waals surface area contributed by atoms with Crippen molar-refractivity contribution in [1.82, 2.24) is 10.2 Å². The molecule has 2 atom stereocenters. The summed E-state index contributed by atoms with van der Waals surface area (Å²) in [6.07, 6.45) is 1.60. The number of benzene rings is 3. The molecule has 0 fully saturated rings. The summed E-state index contributed by atoms with van der Waals surface area (Å²) in [6, 6.07) is 21.0. The lowest BCUT2D eigenvalue weighted by molar-refractivity contribution is -0.139. The molecule has 3 aromatic carbocycles. The van der Waals surface area contributed by atoms with Gasteiger partial charge in [-0.05, 0) is 62.1 Å². The van der Waals surface area contributed by atoms with E-state index in [9.17, 15) is 18.0 Å². The molecule has 0 unspecified atom stereocenters. The lowest BCUT2D eigenvalue weighted by atomic mass is 10.1. The van der Waals surface area contributed by atoms with Crippen molar-refractivity contribution in [3.05, 3.63) is 94.5 Å². The second kappa shape index (κ2) is 14.5. The topological polar surface area (TPSA) is 86.8 Å². The maximum Gasteiger partial charge on any atom is 0.264 e. The van der Waals surface area contributed by atoms with E-state index in [-0.39, 0.29) is 39.1 Å². The Balaban J connectivity index is 2.02. The van der Waals surface area contributed by atoms with E-state index in [0.29, 0.717) is 12.8 Å². The zero-order valence-corrected chi connectivity index (χ0v) is 25.2. The summed E-state index contributed by atoms with van der Waals surface area (Å²) in [5, 5.41) is 3.38. The van der Waals surface area contributed by atoms with Crippen molar-refractivity contribution in [2.24, 2.45) is 0 Å².